The lowest BCUT2D eigenvalue weighted by atomic mass is 9.96. The molecule has 0 bridgehead atoms. The Balaban J connectivity index is 1.60. The molecule has 0 unspecified atom stereocenters. The summed E-state index contributed by atoms with van der Waals surface area (Å²) in [5.41, 5.74) is 1.54. The maximum Gasteiger partial charge on any atom is 0.433 e. The Bertz CT molecular complexity index is 1030. The van der Waals surface area contributed by atoms with Crippen molar-refractivity contribution in [3.05, 3.63) is 65.7 Å². The normalized spacial score (nSPS) is 15.6. The molecule has 1 aromatic carbocycles. The molecule has 0 saturated carbocycles. The fraction of sp³-hybridized carbons (Fsp3) is 0.250. The molecular formula is C20H17F3N4O2. The summed E-state index contributed by atoms with van der Waals surface area (Å²) >= 11 is 0. The van der Waals surface area contributed by atoms with Crippen LogP contribution in [0.25, 0.3) is 11.1 Å². The quantitative estimate of drug-likeness (QED) is 0.691. The number of rotatable bonds is 4. The van der Waals surface area contributed by atoms with E-state index < -0.39 is 17.5 Å². The maximum atomic E-state index is 12.9. The molecule has 0 atom stereocenters. The Morgan fingerprint density at radius 1 is 1.07 bits per heavy atom. The average Bonchev–Trinajstić information content (AvgIpc) is 2.65. The van der Waals surface area contributed by atoms with Gasteiger partial charge in [-0.3, -0.25) is 4.98 Å². The van der Waals surface area contributed by atoms with Crippen molar-refractivity contribution in [2.24, 2.45) is 0 Å². The molecule has 3 heterocycles. The molecule has 0 aliphatic carbocycles. The largest absolute Gasteiger partial charge is 0.433 e. The van der Waals surface area contributed by atoms with Gasteiger partial charge in [0.05, 0.1) is 18.9 Å². The van der Waals surface area contributed by atoms with Gasteiger partial charge in [-0.2, -0.15) is 13.2 Å². The molecule has 150 valence electrons. The first-order valence-corrected chi connectivity index (χ1v) is 8.79. The number of alkyl halides is 3. The second-order valence-electron chi connectivity index (χ2n) is 6.93. The Morgan fingerprint density at radius 3 is 2.48 bits per heavy atom. The smallest absolute Gasteiger partial charge is 0.379 e. The van der Waals surface area contributed by atoms with Crippen LogP contribution in [0.3, 0.4) is 0 Å². The number of pyridine rings is 1. The van der Waals surface area contributed by atoms with Gasteiger partial charge in [0.25, 0.3) is 0 Å². The third kappa shape index (κ3) is 4.06. The fourth-order valence-electron chi connectivity index (χ4n) is 3.01. The number of ether oxygens (including phenoxy) is 1. The second-order valence-corrected chi connectivity index (χ2v) is 6.93. The molecule has 2 N–H and O–H groups in total. The standard InChI is InChI=1S/C20H17F3N4O2/c1-12-6-14(13-2-3-16(25-9-13)19(28)10-29-11-19)8-15(7-12)26-18-24-5-4-17(27-18)20(21,22)23/h2-9,28H,10-11H2,1H3,(H,24,26,27). The molecule has 4 rings (SSSR count). The van der Waals surface area contributed by atoms with Crippen LogP contribution in [0.1, 0.15) is 17.0 Å². The summed E-state index contributed by atoms with van der Waals surface area (Å²) in [6.07, 6.45) is -1.84. The highest BCUT2D eigenvalue weighted by Crippen LogP contribution is 2.31. The van der Waals surface area contributed by atoms with E-state index in [0.717, 1.165) is 29.0 Å². The van der Waals surface area contributed by atoms with Crippen LogP contribution in [0, 0.1) is 6.92 Å². The van der Waals surface area contributed by atoms with Gasteiger partial charge in [0.15, 0.2) is 5.60 Å². The highest BCUT2D eigenvalue weighted by molar-refractivity contribution is 5.70. The summed E-state index contributed by atoms with van der Waals surface area (Å²) in [5.74, 6) is -0.142. The van der Waals surface area contributed by atoms with Crippen molar-refractivity contribution in [1.82, 2.24) is 15.0 Å². The van der Waals surface area contributed by atoms with Crippen LogP contribution in [0.5, 0.6) is 0 Å². The molecule has 1 aliphatic heterocycles. The number of hydrogen-bond donors (Lipinski definition) is 2. The van der Waals surface area contributed by atoms with E-state index in [9.17, 15) is 18.3 Å². The molecule has 2 aromatic heterocycles. The molecule has 0 radical (unpaired) electrons. The molecule has 3 aromatic rings. The zero-order valence-electron chi connectivity index (χ0n) is 15.4. The monoisotopic (exact) mass is 402 g/mol. The highest BCUT2D eigenvalue weighted by atomic mass is 19.4. The van der Waals surface area contributed by atoms with Gasteiger partial charge in [0.1, 0.15) is 5.69 Å². The Morgan fingerprint density at radius 2 is 1.86 bits per heavy atom. The Kier molecular flexibility index (Phi) is 4.71. The molecule has 0 spiro atoms. The third-order valence-corrected chi connectivity index (χ3v) is 4.53. The van der Waals surface area contributed by atoms with E-state index in [1.54, 1.807) is 24.4 Å². The van der Waals surface area contributed by atoms with Crippen molar-refractivity contribution in [2.45, 2.75) is 18.7 Å². The van der Waals surface area contributed by atoms with Crippen LogP contribution < -0.4 is 5.32 Å². The maximum absolute atomic E-state index is 12.9. The van der Waals surface area contributed by atoms with Gasteiger partial charge in [0.2, 0.25) is 5.95 Å². The predicted octanol–water partition coefficient (Wildman–Crippen LogP) is 3.83. The number of halogens is 3. The van der Waals surface area contributed by atoms with Crippen molar-refractivity contribution in [3.63, 3.8) is 0 Å². The van der Waals surface area contributed by atoms with Gasteiger partial charge in [-0.15, -0.1) is 0 Å². The van der Waals surface area contributed by atoms with E-state index in [1.165, 1.54) is 0 Å². The van der Waals surface area contributed by atoms with Crippen molar-refractivity contribution in [2.75, 3.05) is 18.5 Å². The van der Waals surface area contributed by atoms with Gasteiger partial charge in [0, 0.05) is 23.6 Å². The van der Waals surface area contributed by atoms with Gasteiger partial charge in [-0.1, -0.05) is 12.1 Å². The van der Waals surface area contributed by atoms with Gasteiger partial charge >= 0.3 is 6.18 Å². The first-order chi connectivity index (χ1) is 13.7. The SMILES string of the molecule is Cc1cc(Nc2nccc(C(F)(F)F)n2)cc(-c2ccc(C3(O)COC3)nc2)c1. The minimum Gasteiger partial charge on any atom is -0.379 e. The van der Waals surface area contributed by atoms with E-state index in [4.69, 9.17) is 4.74 Å². The van der Waals surface area contributed by atoms with Crippen molar-refractivity contribution in [1.29, 1.82) is 0 Å². The number of aliphatic hydroxyl groups is 1. The lowest BCUT2D eigenvalue weighted by molar-refractivity contribution is -0.186. The molecule has 29 heavy (non-hydrogen) atoms. The minimum atomic E-state index is -4.54. The van der Waals surface area contributed by atoms with Gasteiger partial charge < -0.3 is 15.2 Å². The van der Waals surface area contributed by atoms with Crippen LogP contribution in [-0.2, 0) is 16.5 Å². The number of nitrogens with one attached hydrogen (secondary N) is 1. The van der Waals surface area contributed by atoms with Crippen LogP contribution in [-0.4, -0.2) is 33.3 Å². The van der Waals surface area contributed by atoms with Crippen LogP contribution in [0.15, 0.2) is 48.8 Å². The molecule has 1 saturated heterocycles. The van der Waals surface area contributed by atoms with E-state index in [2.05, 4.69) is 20.3 Å². The lowest BCUT2D eigenvalue weighted by Crippen LogP contribution is -2.47. The summed E-state index contributed by atoms with van der Waals surface area (Å²) in [4.78, 5) is 11.7. The number of benzene rings is 1. The summed E-state index contributed by atoms with van der Waals surface area (Å²) in [6.45, 7) is 2.31. The first kappa shape index (κ1) is 19.3. The zero-order chi connectivity index (χ0) is 20.6. The van der Waals surface area contributed by atoms with Crippen LogP contribution >= 0.6 is 0 Å². The summed E-state index contributed by atoms with van der Waals surface area (Å²) < 4.78 is 43.6. The van der Waals surface area contributed by atoms with E-state index in [0.29, 0.717) is 11.4 Å². The molecule has 1 aliphatic rings. The summed E-state index contributed by atoms with van der Waals surface area (Å²) in [7, 11) is 0. The highest BCUT2D eigenvalue weighted by Gasteiger charge is 2.39. The third-order valence-electron chi connectivity index (χ3n) is 4.53. The number of anilines is 2. The predicted molar refractivity (Wildman–Crippen MR) is 99.4 cm³/mol. The molecule has 0 amide bonds. The summed E-state index contributed by atoms with van der Waals surface area (Å²) in [6, 6.07) is 9.87. The summed E-state index contributed by atoms with van der Waals surface area (Å²) in [5, 5.41) is 13.1. The minimum absolute atomic E-state index is 0.142. The number of aromatic nitrogens is 3. The molecule has 1 fully saturated rings. The average molecular weight is 402 g/mol. The van der Waals surface area contributed by atoms with Crippen molar-refractivity contribution < 1.29 is 23.0 Å². The van der Waals surface area contributed by atoms with Crippen LogP contribution in [0.4, 0.5) is 24.8 Å². The zero-order valence-corrected chi connectivity index (χ0v) is 15.4. The van der Waals surface area contributed by atoms with Crippen molar-refractivity contribution >= 4 is 11.6 Å². The number of hydrogen-bond acceptors (Lipinski definition) is 6. The Labute approximate surface area is 164 Å². The molecular weight excluding hydrogens is 385 g/mol. The number of nitrogens with zero attached hydrogens (tertiary/aromatic N) is 3. The Hall–Kier alpha value is -3.04. The lowest BCUT2D eigenvalue weighted by Gasteiger charge is -2.35. The fourth-order valence-corrected chi connectivity index (χ4v) is 3.01. The van der Waals surface area contributed by atoms with Crippen molar-refractivity contribution in [3.8, 4) is 11.1 Å². The number of aryl methyl sites for hydroxylation is 1. The van der Waals surface area contributed by atoms with Gasteiger partial charge in [-0.05, 0) is 42.3 Å². The van der Waals surface area contributed by atoms with E-state index in [1.807, 2.05) is 19.1 Å². The first-order valence-electron chi connectivity index (χ1n) is 8.79. The van der Waals surface area contributed by atoms with Crippen LogP contribution in [0.2, 0.25) is 0 Å². The topological polar surface area (TPSA) is 80.2 Å². The van der Waals surface area contributed by atoms with Gasteiger partial charge in [-0.25, -0.2) is 9.97 Å². The molecule has 6 nitrogen and oxygen atoms in total. The second kappa shape index (κ2) is 7.09. The molecule has 9 heteroatoms. The van der Waals surface area contributed by atoms with E-state index in [-0.39, 0.29) is 19.2 Å². The van der Waals surface area contributed by atoms with E-state index >= 15 is 0 Å².